The van der Waals surface area contributed by atoms with Crippen molar-refractivity contribution in [3.63, 3.8) is 0 Å². The van der Waals surface area contributed by atoms with Crippen molar-refractivity contribution < 1.29 is 44.0 Å². The van der Waals surface area contributed by atoms with E-state index in [1.54, 1.807) is 0 Å². The summed E-state index contributed by atoms with van der Waals surface area (Å²) in [5.41, 5.74) is 0. The van der Waals surface area contributed by atoms with Crippen LogP contribution in [0.1, 0.15) is 27.2 Å². The van der Waals surface area contributed by atoms with Crippen LogP contribution in [-0.2, 0) is 13.8 Å². The molecule has 146 valence electrons. The van der Waals surface area contributed by atoms with Crippen LogP contribution in [0.4, 0.5) is 0 Å². The Morgan fingerprint density at radius 3 is 2.04 bits per heavy atom. The zero-order valence-electron chi connectivity index (χ0n) is 14.2. The van der Waals surface area contributed by atoms with Crippen LogP contribution in [0, 0.1) is 0 Å². The summed E-state index contributed by atoms with van der Waals surface area (Å²) in [6.45, 7) is 9.39. The smallest absolute Gasteiger partial charge is 0.394 e. The largest absolute Gasteiger partial charge is 0.471 e. The van der Waals surface area contributed by atoms with Gasteiger partial charge in [0.2, 0.25) is 0 Å². The third-order valence-electron chi connectivity index (χ3n) is 3.64. The van der Waals surface area contributed by atoms with E-state index in [2.05, 4.69) is 30.2 Å². The molecule has 0 aromatic heterocycles. The molecule has 0 amide bonds. The fraction of sp³-hybridized carbons (Fsp3) is 1.00. The lowest BCUT2D eigenvalue weighted by Crippen LogP contribution is -2.54. The number of aliphatic hydroxyl groups is 4. The average molecular weight is 375 g/mol. The van der Waals surface area contributed by atoms with Gasteiger partial charge in [0, 0.05) is 6.42 Å². The van der Waals surface area contributed by atoms with Gasteiger partial charge in [-0.15, -0.1) is 0 Å². The molecule has 0 aromatic carbocycles. The normalized spacial score (nSPS) is 29.1. The van der Waals surface area contributed by atoms with E-state index in [9.17, 15) is 19.9 Å². The monoisotopic (exact) mass is 375 g/mol. The van der Waals surface area contributed by atoms with E-state index >= 15 is 0 Å². The van der Waals surface area contributed by atoms with Gasteiger partial charge in [-0.2, -0.15) is 0 Å². The van der Waals surface area contributed by atoms with Crippen LogP contribution in [0.3, 0.4) is 0 Å². The fourth-order valence-corrected chi connectivity index (χ4v) is 2.62. The zero-order valence-corrected chi connectivity index (χ0v) is 15.1. The van der Waals surface area contributed by atoms with Crippen molar-refractivity contribution in [3.8, 4) is 0 Å². The van der Waals surface area contributed by atoms with E-state index in [1.807, 2.05) is 0 Å². The second kappa shape index (κ2) is 11.5. The van der Waals surface area contributed by atoms with Crippen molar-refractivity contribution >= 4 is 7.82 Å². The Balaban J connectivity index is 0.000000640. The summed E-state index contributed by atoms with van der Waals surface area (Å²) in [5.74, 6) is 0. The molecule has 5 atom stereocenters. The molecular weight excluding hydrogens is 345 g/mol. The van der Waals surface area contributed by atoms with Crippen molar-refractivity contribution in [1.29, 1.82) is 0 Å². The van der Waals surface area contributed by atoms with Gasteiger partial charge in [0.15, 0.2) is 6.29 Å². The SMILES string of the molecule is CCN(CC)CC.O=P(O)(O)OC1C[C@@H](O)[C@H](O)[C@@H]([C@H](O)CO)O1. The first-order valence-corrected chi connectivity index (χ1v) is 9.39. The zero-order chi connectivity index (χ0) is 18.9. The van der Waals surface area contributed by atoms with E-state index < -0.39 is 45.1 Å². The summed E-state index contributed by atoms with van der Waals surface area (Å²) < 4.78 is 19.6. The summed E-state index contributed by atoms with van der Waals surface area (Å²) in [4.78, 5) is 19.5. The Morgan fingerprint density at radius 2 is 1.71 bits per heavy atom. The van der Waals surface area contributed by atoms with Gasteiger partial charge in [0.25, 0.3) is 0 Å². The molecule has 1 aliphatic rings. The number of ether oxygens (including phenoxy) is 1. The van der Waals surface area contributed by atoms with Gasteiger partial charge < -0.3 is 39.8 Å². The molecule has 0 spiro atoms. The molecule has 10 nitrogen and oxygen atoms in total. The summed E-state index contributed by atoms with van der Waals surface area (Å²) in [5, 5.41) is 36.8. The second-order valence-corrected chi connectivity index (χ2v) is 6.48. The topological polar surface area (TPSA) is 160 Å². The van der Waals surface area contributed by atoms with Crippen LogP contribution in [0.2, 0.25) is 0 Å². The number of aliphatic hydroxyl groups excluding tert-OH is 4. The maximum Gasteiger partial charge on any atom is 0.471 e. The molecule has 1 unspecified atom stereocenters. The molecule has 1 saturated heterocycles. The fourth-order valence-electron chi connectivity index (χ4n) is 2.18. The summed E-state index contributed by atoms with van der Waals surface area (Å²) in [7, 11) is -4.81. The first-order chi connectivity index (χ1) is 11.1. The van der Waals surface area contributed by atoms with E-state index in [0.29, 0.717) is 0 Å². The summed E-state index contributed by atoms with van der Waals surface area (Å²) in [6.07, 6.45) is -7.58. The predicted octanol–water partition coefficient (Wildman–Crippen LogP) is -1.37. The first kappa shape index (κ1) is 23.9. The predicted molar refractivity (Wildman–Crippen MR) is 85.0 cm³/mol. The number of hydrogen-bond acceptors (Lipinski definition) is 8. The van der Waals surface area contributed by atoms with Crippen LogP contribution >= 0.6 is 7.82 Å². The minimum absolute atomic E-state index is 0.360. The van der Waals surface area contributed by atoms with Gasteiger partial charge in [0.05, 0.1) is 12.7 Å². The van der Waals surface area contributed by atoms with E-state index in [4.69, 9.17) is 19.6 Å². The number of nitrogens with zero attached hydrogens (tertiary/aromatic N) is 1. The van der Waals surface area contributed by atoms with Crippen LogP contribution in [0.15, 0.2) is 0 Å². The molecule has 0 radical (unpaired) electrons. The molecule has 1 aliphatic heterocycles. The molecule has 0 saturated carbocycles. The highest BCUT2D eigenvalue weighted by molar-refractivity contribution is 7.46. The van der Waals surface area contributed by atoms with E-state index in [-0.39, 0.29) is 6.42 Å². The van der Waals surface area contributed by atoms with Crippen LogP contribution < -0.4 is 0 Å². The molecule has 0 aromatic rings. The maximum absolute atomic E-state index is 10.6. The van der Waals surface area contributed by atoms with E-state index in [1.165, 1.54) is 19.6 Å². The van der Waals surface area contributed by atoms with E-state index in [0.717, 1.165) is 0 Å². The Labute approximate surface area is 141 Å². The number of phosphoric acid groups is 1. The van der Waals surface area contributed by atoms with Gasteiger partial charge >= 0.3 is 7.82 Å². The van der Waals surface area contributed by atoms with Gasteiger partial charge in [-0.05, 0) is 19.6 Å². The quantitative estimate of drug-likeness (QED) is 0.293. The molecule has 1 heterocycles. The Kier molecular flexibility index (Phi) is 11.4. The van der Waals surface area contributed by atoms with Crippen LogP contribution in [0.5, 0.6) is 0 Å². The summed E-state index contributed by atoms with van der Waals surface area (Å²) in [6, 6.07) is 0. The highest BCUT2D eigenvalue weighted by Crippen LogP contribution is 2.40. The molecule has 0 bridgehead atoms. The third-order valence-corrected chi connectivity index (χ3v) is 4.15. The lowest BCUT2D eigenvalue weighted by Gasteiger charge is -2.38. The van der Waals surface area contributed by atoms with Crippen molar-refractivity contribution in [2.75, 3.05) is 26.2 Å². The van der Waals surface area contributed by atoms with Crippen LogP contribution in [0.25, 0.3) is 0 Å². The minimum atomic E-state index is -4.81. The van der Waals surface area contributed by atoms with Gasteiger partial charge in [-0.3, -0.25) is 4.52 Å². The number of hydrogen-bond donors (Lipinski definition) is 6. The molecule has 1 fully saturated rings. The molecule has 11 heteroatoms. The highest BCUT2D eigenvalue weighted by Gasteiger charge is 2.42. The maximum atomic E-state index is 10.6. The first-order valence-electron chi connectivity index (χ1n) is 7.86. The molecule has 24 heavy (non-hydrogen) atoms. The van der Waals surface area contributed by atoms with Gasteiger partial charge in [-0.25, -0.2) is 4.57 Å². The standard InChI is InChI=1S/C7H15O9P.C6H15N/c8-2-4(10)7-6(11)3(9)1-5(15-7)16-17(12,13)14;1-4-7(5-2)6-3/h3-11H,1-2H2,(H2,12,13,14);4-6H2,1-3H3/t3-,4-,5?,6+,7-;/m1./s1. The van der Waals surface area contributed by atoms with Crippen molar-refractivity contribution in [1.82, 2.24) is 4.90 Å². The van der Waals surface area contributed by atoms with Crippen LogP contribution in [-0.4, -0.2) is 92.1 Å². The summed E-state index contributed by atoms with van der Waals surface area (Å²) >= 11 is 0. The lowest BCUT2D eigenvalue weighted by molar-refractivity contribution is -0.251. The minimum Gasteiger partial charge on any atom is -0.394 e. The lowest BCUT2D eigenvalue weighted by atomic mass is 9.98. The highest BCUT2D eigenvalue weighted by atomic mass is 31.2. The van der Waals surface area contributed by atoms with Gasteiger partial charge in [0.1, 0.15) is 18.3 Å². The average Bonchev–Trinajstić information content (AvgIpc) is 2.50. The molecule has 1 rings (SSSR count). The van der Waals surface area contributed by atoms with Crippen molar-refractivity contribution in [3.05, 3.63) is 0 Å². The van der Waals surface area contributed by atoms with Crippen molar-refractivity contribution in [2.24, 2.45) is 0 Å². The number of phosphoric ester groups is 1. The number of rotatable bonds is 7. The molecule has 0 aliphatic carbocycles. The van der Waals surface area contributed by atoms with Crippen molar-refractivity contribution in [2.45, 2.75) is 57.9 Å². The Hall–Kier alpha value is -0.130. The van der Waals surface area contributed by atoms with Gasteiger partial charge in [-0.1, -0.05) is 20.8 Å². The Bertz CT molecular complexity index is 371. The Morgan fingerprint density at radius 1 is 1.21 bits per heavy atom. The molecular formula is C13H30NO9P. The molecule has 6 N–H and O–H groups in total. The second-order valence-electron chi connectivity index (χ2n) is 5.29. The third kappa shape index (κ3) is 8.82.